The lowest BCUT2D eigenvalue weighted by Crippen LogP contribution is -2.06. The van der Waals surface area contributed by atoms with Gasteiger partial charge >= 0.3 is 0 Å². The van der Waals surface area contributed by atoms with Gasteiger partial charge in [-0.15, -0.1) is 0 Å². The molecule has 0 fully saturated rings. The minimum absolute atomic E-state index is 0.266. The molecular weight excluding hydrogens is 335 g/mol. The topological polar surface area (TPSA) is 68.3 Å². The van der Waals surface area contributed by atoms with Crippen molar-refractivity contribution in [1.29, 1.82) is 0 Å². The molecule has 1 heterocycles. The second kappa shape index (κ2) is 8.15. The molecule has 0 spiro atoms. The van der Waals surface area contributed by atoms with Gasteiger partial charge in [0.05, 0.1) is 19.9 Å². The van der Waals surface area contributed by atoms with E-state index < -0.39 is 0 Å². The van der Waals surface area contributed by atoms with Crippen LogP contribution in [0.1, 0.15) is 5.56 Å². The Morgan fingerprint density at radius 1 is 1.04 bits per heavy atom. The summed E-state index contributed by atoms with van der Waals surface area (Å²) in [6.07, 6.45) is 1.62. The van der Waals surface area contributed by atoms with Gasteiger partial charge in [0, 0.05) is 24.4 Å². The molecule has 0 aliphatic carbocycles. The summed E-state index contributed by atoms with van der Waals surface area (Å²) in [5.74, 6) is 2.04. The Balaban J connectivity index is 1.72. The maximum absolute atomic E-state index is 13.7. The fraction of sp³-hybridized carbons (Fsp3) is 0.158. The van der Waals surface area contributed by atoms with Gasteiger partial charge in [0.15, 0.2) is 0 Å². The van der Waals surface area contributed by atoms with Gasteiger partial charge in [-0.2, -0.15) is 4.98 Å². The molecule has 7 heteroatoms. The van der Waals surface area contributed by atoms with Crippen molar-refractivity contribution in [3.05, 3.63) is 66.1 Å². The van der Waals surface area contributed by atoms with Crippen molar-refractivity contribution >= 4 is 17.5 Å². The van der Waals surface area contributed by atoms with Gasteiger partial charge < -0.3 is 20.1 Å². The first-order chi connectivity index (χ1) is 12.7. The number of nitrogens with one attached hydrogen (secondary N) is 2. The molecule has 6 nitrogen and oxygen atoms in total. The van der Waals surface area contributed by atoms with E-state index in [1.54, 1.807) is 50.7 Å². The third-order valence-corrected chi connectivity index (χ3v) is 3.72. The molecule has 0 unspecified atom stereocenters. The van der Waals surface area contributed by atoms with Gasteiger partial charge in [0.1, 0.15) is 23.1 Å². The molecule has 134 valence electrons. The van der Waals surface area contributed by atoms with E-state index in [0.717, 1.165) is 5.69 Å². The molecule has 0 aliphatic rings. The maximum atomic E-state index is 13.7. The van der Waals surface area contributed by atoms with Crippen LogP contribution in [-0.4, -0.2) is 24.2 Å². The van der Waals surface area contributed by atoms with Crippen LogP contribution in [0.15, 0.2) is 54.7 Å². The predicted octanol–water partition coefficient (Wildman–Crippen LogP) is 3.99. The van der Waals surface area contributed by atoms with Gasteiger partial charge in [0.25, 0.3) is 0 Å². The monoisotopic (exact) mass is 354 g/mol. The summed E-state index contributed by atoms with van der Waals surface area (Å²) >= 11 is 0. The smallest absolute Gasteiger partial charge is 0.224 e. The van der Waals surface area contributed by atoms with Crippen LogP contribution in [0, 0.1) is 5.82 Å². The largest absolute Gasteiger partial charge is 0.497 e. The van der Waals surface area contributed by atoms with Gasteiger partial charge in [-0.25, -0.2) is 9.37 Å². The number of nitrogens with zero attached hydrogens (tertiary/aromatic N) is 2. The molecular formula is C19H19FN4O2. The molecule has 0 saturated heterocycles. The molecule has 1 aromatic heterocycles. The van der Waals surface area contributed by atoms with Gasteiger partial charge in [0.2, 0.25) is 5.95 Å². The molecule has 3 rings (SSSR count). The van der Waals surface area contributed by atoms with Crippen LogP contribution < -0.4 is 20.1 Å². The van der Waals surface area contributed by atoms with Crippen LogP contribution in [-0.2, 0) is 6.54 Å². The first-order valence-corrected chi connectivity index (χ1v) is 7.99. The van der Waals surface area contributed by atoms with Crippen LogP contribution >= 0.6 is 0 Å². The Kier molecular flexibility index (Phi) is 5.48. The number of benzene rings is 2. The van der Waals surface area contributed by atoms with Crippen molar-refractivity contribution < 1.29 is 13.9 Å². The molecule has 2 N–H and O–H groups in total. The molecule has 0 saturated carbocycles. The van der Waals surface area contributed by atoms with Crippen LogP contribution in [0.5, 0.6) is 11.5 Å². The van der Waals surface area contributed by atoms with Crippen molar-refractivity contribution in [2.45, 2.75) is 6.54 Å². The molecule has 0 radical (unpaired) electrons. The number of hydrogen-bond acceptors (Lipinski definition) is 6. The Bertz CT molecular complexity index is 889. The van der Waals surface area contributed by atoms with Crippen LogP contribution in [0.2, 0.25) is 0 Å². The Hall–Kier alpha value is -3.35. The van der Waals surface area contributed by atoms with E-state index in [1.165, 1.54) is 6.07 Å². The third-order valence-electron chi connectivity index (χ3n) is 3.72. The number of halogens is 1. The lowest BCUT2D eigenvalue weighted by Gasteiger charge is -2.12. The zero-order valence-electron chi connectivity index (χ0n) is 14.5. The predicted molar refractivity (Wildman–Crippen MR) is 98.6 cm³/mol. The standard InChI is InChI=1S/C19H19FN4O2/c1-25-14-7-8-16(17(11-14)26-2)23-18-9-10-21-19(24-18)22-12-13-5-3-4-6-15(13)20/h3-11H,12H2,1-2H3,(H2,21,22,23,24). The van der Waals surface area contributed by atoms with Crippen molar-refractivity contribution in [2.75, 3.05) is 24.9 Å². The van der Waals surface area contributed by atoms with Crippen LogP contribution in [0.25, 0.3) is 0 Å². The molecule has 0 bridgehead atoms. The van der Waals surface area contributed by atoms with Gasteiger partial charge in [-0.1, -0.05) is 18.2 Å². The highest BCUT2D eigenvalue weighted by Gasteiger charge is 2.07. The average Bonchev–Trinajstić information content (AvgIpc) is 2.68. The number of rotatable bonds is 7. The summed E-state index contributed by atoms with van der Waals surface area (Å²) in [7, 11) is 3.18. The van der Waals surface area contributed by atoms with Gasteiger partial charge in [-0.05, 0) is 24.3 Å². The fourth-order valence-corrected chi connectivity index (χ4v) is 2.37. The highest BCUT2D eigenvalue weighted by atomic mass is 19.1. The molecule has 2 aromatic carbocycles. The van der Waals surface area contributed by atoms with E-state index in [0.29, 0.717) is 35.4 Å². The quantitative estimate of drug-likeness (QED) is 0.669. The molecule has 0 amide bonds. The lowest BCUT2D eigenvalue weighted by atomic mass is 10.2. The summed E-state index contributed by atoms with van der Waals surface area (Å²) in [5.41, 5.74) is 1.29. The first kappa shape index (κ1) is 17.5. The van der Waals surface area contributed by atoms with E-state index >= 15 is 0 Å². The Morgan fingerprint density at radius 2 is 1.88 bits per heavy atom. The summed E-state index contributed by atoms with van der Waals surface area (Å²) in [6.45, 7) is 0.294. The van der Waals surface area contributed by atoms with E-state index in [2.05, 4.69) is 20.6 Å². The average molecular weight is 354 g/mol. The zero-order valence-corrected chi connectivity index (χ0v) is 14.5. The SMILES string of the molecule is COc1ccc(Nc2ccnc(NCc3ccccc3F)n2)c(OC)c1. The van der Waals surface area contributed by atoms with Gasteiger partial charge in [-0.3, -0.25) is 0 Å². The maximum Gasteiger partial charge on any atom is 0.224 e. The van der Waals surface area contributed by atoms with Crippen molar-refractivity contribution in [3.8, 4) is 11.5 Å². The first-order valence-electron chi connectivity index (χ1n) is 7.99. The van der Waals surface area contributed by atoms with E-state index in [1.807, 2.05) is 12.1 Å². The number of ether oxygens (including phenoxy) is 2. The number of methoxy groups -OCH3 is 2. The highest BCUT2D eigenvalue weighted by molar-refractivity contribution is 5.66. The number of anilines is 3. The molecule has 26 heavy (non-hydrogen) atoms. The number of aromatic nitrogens is 2. The lowest BCUT2D eigenvalue weighted by molar-refractivity contribution is 0.395. The Morgan fingerprint density at radius 3 is 2.65 bits per heavy atom. The molecule has 0 atom stereocenters. The summed E-state index contributed by atoms with van der Waals surface area (Å²) in [6, 6.07) is 13.8. The second-order valence-corrected chi connectivity index (χ2v) is 5.40. The molecule has 3 aromatic rings. The summed E-state index contributed by atoms with van der Waals surface area (Å²) in [5, 5.41) is 6.20. The highest BCUT2D eigenvalue weighted by Crippen LogP contribution is 2.31. The van der Waals surface area contributed by atoms with Crippen molar-refractivity contribution in [2.24, 2.45) is 0 Å². The van der Waals surface area contributed by atoms with E-state index in [4.69, 9.17) is 9.47 Å². The van der Waals surface area contributed by atoms with Crippen molar-refractivity contribution in [3.63, 3.8) is 0 Å². The molecule has 0 aliphatic heterocycles. The van der Waals surface area contributed by atoms with E-state index in [-0.39, 0.29) is 5.82 Å². The van der Waals surface area contributed by atoms with Crippen LogP contribution in [0.3, 0.4) is 0 Å². The van der Waals surface area contributed by atoms with E-state index in [9.17, 15) is 4.39 Å². The number of hydrogen-bond donors (Lipinski definition) is 2. The minimum atomic E-state index is -0.266. The Labute approximate surface area is 151 Å². The summed E-state index contributed by atoms with van der Waals surface area (Å²) in [4.78, 5) is 8.55. The zero-order chi connectivity index (χ0) is 18.4. The second-order valence-electron chi connectivity index (χ2n) is 5.40. The minimum Gasteiger partial charge on any atom is -0.497 e. The van der Waals surface area contributed by atoms with Crippen molar-refractivity contribution in [1.82, 2.24) is 9.97 Å². The van der Waals surface area contributed by atoms with Crippen LogP contribution in [0.4, 0.5) is 21.8 Å². The fourth-order valence-electron chi connectivity index (χ4n) is 2.37. The third kappa shape index (κ3) is 4.18. The normalized spacial score (nSPS) is 10.3. The summed E-state index contributed by atoms with van der Waals surface area (Å²) < 4.78 is 24.2.